The van der Waals surface area contributed by atoms with Crippen LogP contribution in [0.25, 0.3) is 0 Å². The van der Waals surface area contributed by atoms with Crippen molar-refractivity contribution in [3.05, 3.63) is 47.8 Å². The van der Waals surface area contributed by atoms with Gasteiger partial charge in [-0.05, 0) is 24.1 Å². The van der Waals surface area contributed by atoms with Crippen LogP contribution in [-0.2, 0) is 6.42 Å². The molecule has 0 N–H and O–H groups in total. The average Bonchev–Trinajstić information content (AvgIpc) is 2.91. The van der Waals surface area contributed by atoms with Crippen LogP contribution in [0.4, 0.5) is 11.6 Å². The molecule has 1 aliphatic rings. The SMILES string of the molecule is CCC(=O)c1cccc2c1N(c1ncccn1)CC2. The number of anilines is 2. The molecular formula is C15H15N3O. The van der Waals surface area contributed by atoms with Crippen molar-refractivity contribution in [1.82, 2.24) is 9.97 Å². The van der Waals surface area contributed by atoms with E-state index < -0.39 is 0 Å². The first-order valence-electron chi connectivity index (χ1n) is 6.51. The van der Waals surface area contributed by atoms with Gasteiger partial charge in [-0.2, -0.15) is 0 Å². The lowest BCUT2D eigenvalue weighted by molar-refractivity contribution is 0.0989. The molecule has 0 bridgehead atoms. The van der Waals surface area contributed by atoms with E-state index >= 15 is 0 Å². The zero-order chi connectivity index (χ0) is 13.2. The summed E-state index contributed by atoms with van der Waals surface area (Å²) in [6.07, 6.45) is 4.90. The largest absolute Gasteiger partial charge is 0.309 e. The van der Waals surface area contributed by atoms with E-state index in [1.165, 1.54) is 5.56 Å². The van der Waals surface area contributed by atoms with Crippen molar-refractivity contribution in [2.24, 2.45) is 0 Å². The van der Waals surface area contributed by atoms with Crippen LogP contribution in [0, 0.1) is 0 Å². The van der Waals surface area contributed by atoms with Crippen LogP contribution in [0.5, 0.6) is 0 Å². The lowest BCUT2D eigenvalue weighted by Gasteiger charge is -2.19. The number of hydrogen-bond donors (Lipinski definition) is 0. The van der Waals surface area contributed by atoms with E-state index in [0.717, 1.165) is 24.2 Å². The molecule has 1 aromatic carbocycles. The highest BCUT2D eigenvalue weighted by Gasteiger charge is 2.26. The van der Waals surface area contributed by atoms with Gasteiger partial charge in [0.25, 0.3) is 0 Å². The fourth-order valence-corrected chi connectivity index (χ4v) is 2.50. The highest BCUT2D eigenvalue weighted by Crippen LogP contribution is 2.36. The summed E-state index contributed by atoms with van der Waals surface area (Å²) in [4.78, 5) is 22.7. The lowest BCUT2D eigenvalue weighted by atomic mass is 10.0. The Morgan fingerprint density at radius 3 is 2.79 bits per heavy atom. The van der Waals surface area contributed by atoms with Crippen LogP contribution >= 0.6 is 0 Å². The minimum Gasteiger partial charge on any atom is -0.309 e. The second kappa shape index (κ2) is 4.80. The van der Waals surface area contributed by atoms with Gasteiger partial charge in [-0.3, -0.25) is 4.79 Å². The van der Waals surface area contributed by atoms with Gasteiger partial charge in [0.1, 0.15) is 0 Å². The van der Waals surface area contributed by atoms with Crippen LogP contribution in [0.15, 0.2) is 36.7 Å². The molecule has 0 spiro atoms. The van der Waals surface area contributed by atoms with E-state index in [1.54, 1.807) is 18.5 Å². The van der Waals surface area contributed by atoms with Crippen LogP contribution in [-0.4, -0.2) is 22.3 Å². The van der Waals surface area contributed by atoms with E-state index in [1.807, 2.05) is 24.0 Å². The molecule has 0 atom stereocenters. The third-order valence-corrected chi connectivity index (χ3v) is 3.41. The molecule has 0 unspecified atom stereocenters. The molecule has 4 heteroatoms. The molecule has 96 valence electrons. The fourth-order valence-electron chi connectivity index (χ4n) is 2.50. The molecule has 0 saturated heterocycles. The van der Waals surface area contributed by atoms with Gasteiger partial charge in [-0.25, -0.2) is 9.97 Å². The van der Waals surface area contributed by atoms with E-state index in [0.29, 0.717) is 12.4 Å². The molecule has 19 heavy (non-hydrogen) atoms. The van der Waals surface area contributed by atoms with Gasteiger partial charge in [0.2, 0.25) is 5.95 Å². The zero-order valence-corrected chi connectivity index (χ0v) is 10.8. The third-order valence-electron chi connectivity index (χ3n) is 3.41. The predicted octanol–water partition coefficient (Wildman–Crippen LogP) is 2.76. The molecule has 2 aromatic rings. The minimum atomic E-state index is 0.166. The summed E-state index contributed by atoms with van der Waals surface area (Å²) in [6.45, 7) is 2.72. The number of benzene rings is 1. The Morgan fingerprint density at radius 2 is 2.05 bits per heavy atom. The molecule has 1 aliphatic heterocycles. The number of carbonyl (C=O) groups is 1. The number of rotatable bonds is 3. The van der Waals surface area contributed by atoms with Gasteiger partial charge in [-0.1, -0.05) is 19.1 Å². The molecule has 0 fully saturated rings. The molecule has 0 saturated carbocycles. The highest BCUT2D eigenvalue weighted by atomic mass is 16.1. The van der Waals surface area contributed by atoms with Crippen LogP contribution < -0.4 is 4.90 Å². The molecule has 0 aliphatic carbocycles. The molecule has 0 radical (unpaired) electrons. The van der Waals surface area contributed by atoms with Crippen molar-refractivity contribution in [2.45, 2.75) is 19.8 Å². The average molecular weight is 253 g/mol. The third kappa shape index (κ3) is 1.99. The summed E-state index contributed by atoms with van der Waals surface area (Å²) in [5, 5.41) is 0. The molecule has 0 amide bonds. The van der Waals surface area contributed by atoms with Crippen molar-refractivity contribution in [2.75, 3.05) is 11.4 Å². The first-order chi connectivity index (χ1) is 9.31. The number of nitrogens with zero attached hydrogens (tertiary/aromatic N) is 3. The second-order valence-corrected chi connectivity index (χ2v) is 4.54. The Balaban J connectivity index is 2.11. The van der Waals surface area contributed by atoms with Crippen molar-refractivity contribution in [3.63, 3.8) is 0 Å². The number of aromatic nitrogens is 2. The topological polar surface area (TPSA) is 46.1 Å². The zero-order valence-electron chi connectivity index (χ0n) is 10.8. The van der Waals surface area contributed by atoms with Crippen molar-refractivity contribution in [3.8, 4) is 0 Å². The van der Waals surface area contributed by atoms with E-state index in [2.05, 4.69) is 16.0 Å². The van der Waals surface area contributed by atoms with Crippen molar-refractivity contribution < 1.29 is 4.79 Å². The Kier molecular flexibility index (Phi) is 2.99. The molecule has 3 rings (SSSR count). The molecule has 2 heterocycles. The number of ketones is 1. The lowest BCUT2D eigenvalue weighted by Crippen LogP contribution is -2.18. The van der Waals surface area contributed by atoms with E-state index in [9.17, 15) is 4.79 Å². The highest BCUT2D eigenvalue weighted by molar-refractivity contribution is 6.03. The van der Waals surface area contributed by atoms with Gasteiger partial charge in [0, 0.05) is 30.9 Å². The summed E-state index contributed by atoms with van der Waals surface area (Å²) >= 11 is 0. The molecule has 4 nitrogen and oxygen atoms in total. The minimum absolute atomic E-state index is 0.166. The maximum Gasteiger partial charge on any atom is 0.229 e. The first kappa shape index (κ1) is 11.8. The number of carbonyl (C=O) groups excluding carboxylic acids is 1. The van der Waals surface area contributed by atoms with Crippen molar-refractivity contribution in [1.29, 1.82) is 0 Å². The monoisotopic (exact) mass is 253 g/mol. The van der Waals surface area contributed by atoms with Gasteiger partial charge < -0.3 is 4.90 Å². The number of fused-ring (bicyclic) bond motifs is 1. The van der Waals surface area contributed by atoms with Crippen molar-refractivity contribution >= 4 is 17.4 Å². The van der Waals surface area contributed by atoms with Gasteiger partial charge in [-0.15, -0.1) is 0 Å². The number of Topliss-reactive ketones (excluding diaryl/α,β-unsaturated/α-hetero) is 1. The summed E-state index contributed by atoms with van der Waals surface area (Å²) < 4.78 is 0. The molecular weight excluding hydrogens is 238 g/mol. The van der Waals surface area contributed by atoms with Crippen LogP contribution in [0.1, 0.15) is 29.3 Å². The number of hydrogen-bond acceptors (Lipinski definition) is 4. The summed E-state index contributed by atoms with van der Waals surface area (Å²) in [5.74, 6) is 0.831. The summed E-state index contributed by atoms with van der Waals surface area (Å²) in [6, 6.07) is 7.72. The molecule has 1 aromatic heterocycles. The smallest absolute Gasteiger partial charge is 0.229 e. The standard InChI is InChI=1S/C15H15N3O/c1-2-13(19)12-6-3-5-11-7-10-18(14(11)12)15-16-8-4-9-17-15/h3-6,8-9H,2,7,10H2,1H3. The fraction of sp³-hybridized carbons (Fsp3) is 0.267. The maximum atomic E-state index is 12.1. The van der Waals surface area contributed by atoms with Gasteiger partial charge >= 0.3 is 0 Å². The normalized spacial score (nSPS) is 13.4. The Bertz CT molecular complexity index is 610. The summed E-state index contributed by atoms with van der Waals surface area (Å²) in [5.41, 5.74) is 2.97. The predicted molar refractivity (Wildman–Crippen MR) is 73.8 cm³/mol. The Hall–Kier alpha value is -2.23. The van der Waals surface area contributed by atoms with E-state index in [4.69, 9.17) is 0 Å². The maximum absolute atomic E-state index is 12.1. The Morgan fingerprint density at radius 1 is 1.26 bits per heavy atom. The van der Waals surface area contributed by atoms with Gasteiger partial charge in [0.05, 0.1) is 5.69 Å². The van der Waals surface area contributed by atoms with Gasteiger partial charge in [0.15, 0.2) is 5.78 Å². The number of para-hydroxylation sites is 1. The van der Waals surface area contributed by atoms with Crippen LogP contribution in [0.2, 0.25) is 0 Å². The first-order valence-corrected chi connectivity index (χ1v) is 6.51. The Labute approximate surface area is 112 Å². The second-order valence-electron chi connectivity index (χ2n) is 4.54. The van der Waals surface area contributed by atoms with E-state index in [-0.39, 0.29) is 5.78 Å². The summed E-state index contributed by atoms with van der Waals surface area (Å²) in [7, 11) is 0. The van der Waals surface area contributed by atoms with Crippen LogP contribution in [0.3, 0.4) is 0 Å². The quantitative estimate of drug-likeness (QED) is 0.789.